The third-order valence-corrected chi connectivity index (χ3v) is 2.99. The van der Waals surface area contributed by atoms with Crippen LogP contribution in [0.3, 0.4) is 0 Å². The highest BCUT2D eigenvalue weighted by Crippen LogP contribution is 2.09. The molecule has 20 heavy (non-hydrogen) atoms. The minimum absolute atomic E-state index is 0.525. The van der Waals surface area contributed by atoms with E-state index in [1.165, 1.54) is 37.7 Å². The van der Waals surface area contributed by atoms with Gasteiger partial charge >= 0.3 is 0 Å². The van der Waals surface area contributed by atoms with Crippen LogP contribution in [0.15, 0.2) is 16.6 Å². The average molecular weight is 284 g/mol. The molecule has 0 aliphatic rings. The lowest BCUT2D eigenvalue weighted by Crippen LogP contribution is -2.12. The Bertz CT molecular complexity index is 252. The van der Waals surface area contributed by atoms with Crippen LogP contribution < -0.4 is 0 Å². The van der Waals surface area contributed by atoms with Crippen molar-refractivity contribution in [2.75, 3.05) is 13.7 Å². The van der Waals surface area contributed by atoms with Gasteiger partial charge in [-0.1, -0.05) is 45.6 Å². The van der Waals surface area contributed by atoms with E-state index in [2.05, 4.69) is 45.7 Å². The van der Waals surface area contributed by atoms with E-state index in [-0.39, 0.29) is 0 Å². The van der Waals surface area contributed by atoms with E-state index in [0.717, 1.165) is 18.7 Å². The monoisotopic (exact) mass is 283 g/mol. The molecule has 0 aromatic carbocycles. The molecule has 1 atom stereocenters. The molecule has 0 N–H and O–H groups in total. The normalized spacial score (nSPS) is 12.4. The van der Waals surface area contributed by atoms with Crippen molar-refractivity contribution < 1.29 is 4.74 Å². The zero-order valence-corrected chi connectivity index (χ0v) is 15.0. The van der Waals surface area contributed by atoms with Gasteiger partial charge in [-0.25, -0.2) is 0 Å². The van der Waals surface area contributed by atoms with Gasteiger partial charge in [-0.3, -0.25) is 4.99 Å². The molecule has 0 amide bonds. The maximum absolute atomic E-state index is 5.69. The van der Waals surface area contributed by atoms with Crippen molar-refractivity contribution >= 4 is 5.71 Å². The fourth-order valence-corrected chi connectivity index (χ4v) is 1.79. The summed E-state index contributed by atoms with van der Waals surface area (Å²) in [6.07, 6.45) is 10.1. The summed E-state index contributed by atoms with van der Waals surface area (Å²) >= 11 is 0. The van der Waals surface area contributed by atoms with Crippen LogP contribution in [0.2, 0.25) is 0 Å². The van der Waals surface area contributed by atoms with Crippen LogP contribution in [-0.2, 0) is 4.74 Å². The molecule has 0 radical (unpaired) electrons. The Hall–Kier alpha value is -0.630. The van der Waals surface area contributed by atoms with Crippen LogP contribution in [0.1, 0.15) is 80.1 Å². The van der Waals surface area contributed by atoms with Crippen molar-refractivity contribution in [1.29, 1.82) is 0 Å². The molecular weight excluding hydrogens is 246 g/mol. The number of unbranched alkanes of at least 4 members (excludes halogenated alkanes) is 2. The van der Waals surface area contributed by atoms with Gasteiger partial charge in [0.1, 0.15) is 0 Å². The second-order valence-electron chi connectivity index (χ2n) is 5.48. The smallest absolute Gasteiger partial charge is 0.0572 e. The van der Waals surface area contributed by atoms with Crippen molar-refractivity contribution in [3.63, 3.8) is 0 Å². The zero-order valence-electron chi connectivity index (χ0n) is 15.0. The predicted molar refractivity (Wildman–Crippen MR) is 92.9 cm³/mol. The SMILES string of the molecule is CCCCCC(CC)OCCC.CN=C(C)C=C(C)C. The highest BCUT2D eigenvalue weighted by atomic mass is 16.5. The van der Waals surface area contributed by atoms with E-state index in [9.17, 15) is 0 Å². The second kappa shape index (κ2) is 16.4. The molecule has 2 nitrogen and oxygen atoms in total. The number of aliphatic imine (C=N–C) groups is 1. The third-order valence-electron chi connectivity index (χ3n) is 2.99. The lowest BCUT2D eigenvalue weighted by molar-refractivity contribution is 0.0437. The standard InChI is InChI=1S/C11H24O.C7H13N/c1-4-7-8-9-11(6-3)12-10-5-2;1-6(2)5-7(3)8-4/h11H,4-10H2,1-3H3;5H,1-4H3. The first-order valence-electron chi connectivity index (χ1n) is 8.21. The van der Waals surface area contributed by atoms with Gasteiger partial charge in [-0.2, -0.15) is 0 Å². The van der Waals surface area contributed by atoms with Crippen molar-refractivity contribution in [3.05, 3.63) is 11.6 Å². The molecular formula is C18H37NO. The summed E-state index contributed by atoms with van der Waals surface area (Å²) in [5.41, 5.74) is 2.39. The second-order valence-corrected chi connectivity index (χ2v) is 5.48. The Morgan fingerprint density at radius 3 is 2.05 bits per heavy atom. The van der Waals surface area contributed by atoms with Gasteiger partial charge in [0, 0.05) is 19.4 Å². The van der Waals surface area contributed by atoms with E-state index in [1.54, 1.807) is 7.05 Å². The van der Waals surface area contributed by atoms with Gasteiger partial charge in [-0.15, -0.1) is 0 Å². The fourth-order valence-electron chi connectivity index (χ4n) is 1.79. The van der Waals surface area contributed by atoms with Crippen molar-refractivity contribution in [2.45, 2.75) is 86.2 Å². The summed E-state index contributed by atoms with van der Waals surface area (Å²) in [4.78, 5) is 3.97. The number of nitrogens with zero attached hydrogens (tertiary/aromatic N) is 1. The van der Waals surface area contributed by atoms with Crippen molar-refractivity contribution in [2.24, 2.45) is 4.99 Å². The van der Waals surface area contributed by atoms with E-state index in [4.69, 9.17) is 4.74 Å². The van der Waals surface area contributed by atoms with Crippen molar-refractivity contribution in [1.82, 2.24) is 0 Å². The molecule has 0 heterocycles. The first-order valence-corrected chi connectivity index (χ1v) is 8.21. The molecule has 1 unspecified atom stereocenters. The van der Waals surface area contributed by atoms with Crippen LogP contribution in [0.4, 0.5) is 0 Å². The number of allylic oxidation sites excluding steroid dienone is 2. The van der Waals surface area contributed by atoms with Gasteiger partial charge in [0.2, 0.25) is 0 Å². The molecule has 0 saturated carbocycles. The molecule has 0 aliphatic heterocycles. The topological polar surface area (TPSA) is 21.6 Å². The van der Waals surface area contributed by atoms with Gasteiger partial charge < -0.3 is 4.74 Å². The van der Waals surface area contributed by atoms with E-state index >= 15 is 0 Å². The Morgan fingerprint density at radius 2 is 1.70 bits per heavy atom. The van der Waals surface area contributed by atoms with Gasteiger partial charge in [0.25, 0.3) is 0 Å². The Labute approximate surface area is 127 Å². The lowest BCUT2D eigenvalue weighted by atomic mass is 10.1. The lowest BCUT2D eigenvalue weighted by Gasteiger charge is -2.14. The molecule has 0 aromatic rings. The molecule has 0 spiro atoms. The van der Waals surface area contributed by atoms with Crippen LogP contribution in [0.5, 0.6) is 0 Å². The molecule has 0 bridgehead atoms. The largest absolute Gasteiger partial charge is 0.378 e. The molecule has 0 saturated heterocycles. The van der Waals surface area contributed by atoms with Crippen LogP contribution >= 0.6 is 0 Å². The molecule has 2 heteroatoms. The maximum Gasteiger partial charge on any atom is 0.0572 e. The number of hydrogen-bond acceptors (Lipinski definition) is 2. The first-order chi connectivity index (χ1) is 9.51. The quantitative estimate of drug-likeness (QED) is 0.386. The Kier molecular flexibility index (Phi) is 17.8. The molecule has 0 aliphatic carbocycles. The summed E-state index contributed by atoms with van der Waals surface area (Å²) in [5.74, 6) is 0. The summed E-state index contributed by atoms with van der Waals surface area (Å²) < 4.78 is 5.69. The van der Waals surface area contributed by atoms with Crippen molar-refractivity contribution in [3.8, 4) is 0 Å². The number of ether oxygens (including phenoxy) is 1. The fraction of sp³-hybridized carbons (Fsp3) is 0.833. The number of hydrogen-bond donors (Lipinski definition) is 0. The van der Waals surface area contributed by atoms with Gasteiger partial charge in [0.05, 0.1) is 6.10 Å². The van der Waals surface area contributed by atoms with E-state index in [1.807, 2.05) is 6.92 Å². The maximum atomic E-state index is 5.69. The number of rotatable bonds is 9. The van der Waals surface area contributed by atoms with E-state index < -0.39 is 0 Å². The van der Waals surface area contributed by atoms with Crippen LogP contribution in [0.25, 0.3) is 0 Å². The predicted octanol–water partition coefficient (Wildman–Crippen LogP) is 5.82. The summed E-state index contributed by atoms with van der Waals surface area (Å²) in [6, 6.07) is 0. The van der Waals surface area contributed by atoms with Crippen LogP contribution in [-0.4, -0.2) is 25.5 Å². The van der Waals surface area contributed by atoms with Gasteiger partial charge in [0.15, 0.2) is 0 Å². The minimum atomic E-state index is 0.525. The van der Waals surface area contributed by atoms with E-state index in [0.29, 0.717) is 6.10 Å². The molecule has 0 aromatic heterocycles. The molecule has 0 rings (SSSR count). The Morgan fingerprint density at radius 1 is 1.05 bits per heavy atom. The molecule has 120 valence electrons. The average Bonchev–Trinajstić information content (AvgIpc) is 2.42. The highest BCUT2D eigenvalue weighted by molar-refractivity contribution is 5.93. The first kappa shape index (κ1) is 21.7. The summed E-state index contributed by atoms with van der Waals surface area (Å²) in [6.45, 7) is 13.7. The van der Waals surface area contributed by atoms with Gasteiger partial charge in [-0.05, 0) is 46.1 Å². The third kappa shape index (κ3) is 17.4. The summed E-state index contributed by atoms with van der Waals surface area (Å²) in [5, 5.41) is 0. The summed E-state index contributed by atoms with van der Waals surface area (Å²) in [7, 11) is 1.80. The Balaban J connectivity index is 0. The molecule has 0 fully saturated rings. The van der Waals surface area contributed by atoms with Crippen LogP contribution in [0, 0.1) is 0 Å². The minimum Gasteiger partial charge on any atom is -0.378 e. The zero-order chi connectivity index (χ0) is 15.8. The highest BCUT2D eigenvalue weighted by Gasteiger charge is 2.04.